The topological polar surface area (TPSA) is 37.8 Å². The molecule has 4 heteroatoms. The molecule has 1 unspecified atom stereocenters. The van der Waals surface area contributed by atoms with Gasteiger partial charge >= 0.3 is 0 Å². The molecule has 0 amide bonds. The molecule has 3 nitrogen and oxygen atoms in total. The van der Waals surface area contributed by atoms with Crippen molar-refractivity contribution in [1.82, 2.24) is 9.36 Å². The van der Waals surface area contributed by atoms with Gasteiger partial charge in [-0.2, -0.15) is 4.37 Å². The summed E-state index contributed by atoms with van der Waals surface area (Å²) in [4.78, 5) is 4.52. The van der Waals surface area contributed by atoms with Crippen LogP contribution in [0.1, 0.15) is 44.3 Å². The largest absolute Gasteiger partial charge is 0.360 e. The molecule has 2 saturated carbocycles. The SMILES string of the molecule is CC(CNc1nc(C2CC2)ns1)C1CC1. The molecular formula is C11H17N3S. The fourth-order valence-electron chi connectivity index (χ4n) is 1.89. The van der Waals surface area contributed by atoms with Crippen molar-refractivity contribution in [2.24, 2.45) is 11.8 Å². The van der Waals surface area contributed by atoms with E-state index < -0.39 is 0 Å². The number of nitrogens with one attached hydrogen (secondary N) is 1. The second kappa shape index (κ2) is 3.74. The number of rotatable bonds is 5. The first-order valence-electron chi connectivity index (χ1n) is 5.90. The lowest BCUT2D eigenvalue weighted by Gasteiger charge is -2.09. The Bertz CT molecular complexity index is 341. The highest BCUT2D eigenvalue weighted by molar-refractivity contribution is 7.09. The van der Waals surface area contributed by atoms with Crippen LogP contribution < -0.4 is 5.32 Å². The lowest BCUT2D eigenvalue weighted by Crippen LogP contribution is -2.12. The Hall–Kier alpha value is -0.640. The van der Waals surface area contributed by atoms with E-state index in [9.17, 15) is 0 Å². The van der Waals surface area contributed by atoms with Crippen LogP contribution in [0.15, 0.2) is 0 Å². The van der Waals surface area contributed by atoms with Gasteiger partial charge in [-0.25, -0.2) is 4.98 Å². The minimum absolute atomic E-state index is 0.678. The van der Waals surface area contributed by atoms with E-state index in [0.29, 0.717) is 5.92 Å². The summed E-state index contributed by atoms with van der Waals surface area (Å²) in [7, 11) is 0. The van der Waals surface area contributed by atoms with Gasteiger partial charge < -0.3 is 5.32 Å². The third-order valence-corrected chi connectivity index (χ3v) is 4.07. The van der Waals surface area contributed by atoms with Crippen molar-refractivity contribution in [3.05, 3.63) is 5.82 Å². The smallest absolute Gasteiger partial charge is 0.202 e. The van der Waals surface area contributed by atoms with Gasteiger partial charge in [0.15, 0.2) is 0 Å². The summed E-state index contributed by atoms with van der Waals surface area (Å²) in [5, 5.41) is 4.43. The van der Waals surface area contributed by atoms with Crippen LogP contribution in [-0.4, -0.2) is 15.9 Å². The summed E-state index contributed by atoms with van der Waals surface area (Å²) in [6, 6.07) is 0. The van der Waals surface area contributed by atoms with Crippen molar-refractivity contribution < 1.29 is 0 Å². The zero-order valence-corrected chi connectivity index (χ0v) is 9.89. The summed E-state index contributed by atoms with van der Waals surface area (Å²) in [6.45, 7) is 3.39. The lowest BCUT2D eigenvalue weighted by molar-refractivity contribution is 0.536. The Labute approximate surface area is 94.5 Å². The molecule has 2 fully saturated rings. The Morgan fingerprint density at radius 3 is 2.87 bits per heavy atom. The van der Waals surface area contributed by atoms with Crippen LogP contribution in [0.25, 0.3) is 0 Å². The van der Waals surface area contributed by atoms with E-state index in [0.717, 1.165) is 29.3 Å². The lowest BCUT2D eigenvalue weighted by atomic mass is 10.1. The average molecular weight is 223 g/mol. The van der Waals surface area contributed by atoms with Gasteiger partial charge in [-0.3, -0.25) is 0 Å². The Morgan fingerprint density at radius 2 is 2.20 bits per heavy atom. The first-order valence-corrected chi connectivity index (χ1v) is 6.68. The van der Waals surface area contributed by atoms with Crippen molar-refractivity contribution in [3.8, 4) is 0 Å². The van der Waals surface area contributed by atoms with Crippen LogP contribution in [0.2, 0.25) is 0 Å². The van der Waals surface area contributed by atoms with E-state index in [4.69, 9.17) is 0 Å². The molecule has 0 saturated heterocycles. The standard InChI is InChI=1S/C11H17N3S/c1-7(8-2-3-8)6-12-11-13-10(14-15-11)9-4-5-9/h7-9H,2-6H2,1H3,(H,12,13,14). The third kappa shape index (κ3) is 2.30. The highest BCUT2D eigenvalue weighted by Gasteiger charge is 2.29. The molecule has 0 aromatic carbocycles. The minimum atomic E-state index is 0.678. The highest BCUT2D eigenvalue weighted by Crippen LogP contribution is 2.39. The van der Waals surface area contributed by atoms with Crippen LogP contribution in [0.4, 0.5) is 5.13 Å². The van der Waals surface area contributed by atoms with Gasteiger partial charge in [0.2, 0.25) is 5.13 Å². The van der Waals surface area contributed by atoms with Gasteiger partial charge in [-0.1, -0.05) is 6.92 Å². The van der Waals surface area contributed by atoms with Crippen LogP contribution in [0, 0.1) is 11.8 Å². The maximum absolute atomic E-state index is 4.52. The number of hydrogen-bond donors (Lipinski definition) is 1. The summed E-state index contributed by atoms with van der Waals surface area (Å²) in [6.07, 6.45) is 5.42. The van der Waals surface area contributed by atoms with E-state index in [1.54, 1.807) is 0 Å². The van der Waals surface area contributed by atoms with Gasteiger partial charge in [0.05, 0.1) is 0 Å². The first kappa shape index (κ1) is 9.58. The van der Waals surface area contributed by atoms with Crippen molar-refractivity contribution in [1.29, 1.82) is 0 Å². The van der Waals surface area contributed by atoms with Crippen LogP contribution in [-0.2, 0) is 0 Å². The zero-order chi connectivity index (χ0) is 10.3. The van der Waals surface area contributed by atoms with Crippen molar-refractivity contribution >= 4 is 16.7 Å². The predicted octanol–water partition coefficient (Wildman–Crippen LogP) is 2.87. The molecule has 1 aromatic rings. The second-order valence-electron chi connectivity index (χ2n) is 4.93. The van der Waals surface area contributed by atoms with Crippen LogP contribution >= 0.6 is 11.5 Å². The molecule has 15 heavy (non-hydrogen) atoms. The van der Waals surface area contributed by atoms with Crippen LogP contribution in [0.3, 0.4) is 0 Å². The van der Waals surface area contributed by atoms with E-state index in [-0.39, 0.29) is 0 Å². The number of aromatic nitrogens is 2. The van der Waals surface area contributed by atoms with Gasteiger partial charge in [0.25, 0.3) is 0 Å². The van der Waals surface area contributed by atoms with Gasteiger partial charge in [0, 0.05) is 24.0 Å². The predicted molar refractivity (Wildman–Crippen MR) is 62.3 cm³/mol. The molecule has 0 radical (unpaired) electrons. The average Bonchev–Trinajstić information content (AvgIpc) is 3.12. The quantitative estimate of drug-likeness (QED) is 0.834. The molecule has 1 aromatic heterocycles. The molecule has 1 N–H and O–H groups in total. The summed E-state index contributed by atoms with van der Waals surface area (Å²) in [5.41, 5.74) is 0. The summed E-state index contributed by atoms with van der Waals surface area (Å²) in [5.74, 6) is 3.51. The minimum Gasteiger partial charge on any atom is -0.360 e. The third-order valence-electron chi connectivity index (χ3n) is 3.39. The molecule has 3 rings (SSSR count). The molecule has 0 aliphatic heterocycles. The van der Waals surface area contributed by atoms with Gasteiger partial charge in [0.1, 0.15) is 5.82 Å². The molecule has 0 spiro atoms. The molecular weight excluding hydrogens is 206 g/mol. The normalized spacial score (nSPS) is 22.7. The van der Waals surface area contributed by atoms with E-state index >= 15 is 0 Å². The number of hydrogen-bond acceptors (Lipinski definition) is 4. The molecule has 1 atom stereocenters. The Morgan fingerprint density at radius 1 is 1.40 bits per heavy atom. The van der Waals surface area contributed by atoms with Crippen molar-refractivity contribution in [2.75, 3.05) is 11.9 Å². The van der Waals surface area contributed by atoms with E-state index in [2.05, 4.69) is 21.6 Å². The highest BCUT2D eigenvalue weighted by atomic mass is 32.1. The van der Waals surface area contributed by atoms with Gasteiger partial charge in [-0.05, 0) is 37.5 Å². The molecule has 2 aliphatic carbocycles. The molecule has 82 valence electrons. The van der Waals surface area contributed by atoms with Crippen molar-refractivity contribution in [2.45, 2.75) is 38.5 Å². The van der Waals surface area contributed by atoms with E-state index in [1.807, 2.05) is 0 Å². The Balaban J connectivity index is 1.52. The maximum Gasteiger partial charge on any atom is 0.202 e. The first-order chi connectivity index (χ1) is 7.33. The fraction of sp³-hybridized carbons (Fsp3) is 0.818. The Kier molecular flexibility index (Phi) is 2.39. The second-order valence-corrected chi connectivity index (χ2v) is 5.68. The molecule has 1 heterocycles. The summed E-state index contributed by atoms with van der Waals surface area (Å²) < 4.78 is 4.38. The fourth-order valence-corrected chi connectivity index (χ4v) is 2.55. The van der Waals surface area contributed by atoms with Crippen LogP contribution in [0.5, 0.6) is 0 Å². The number of anilines is 1. The van der Waals surface area contributed by atoms with Crippen molar-refractivity contribution in [3.63, 3.8) is 0 Å². The zero-order valence-electron chi connectivity index (χ0n) is 9.07. The summed E-state index contributed by atoms with van der Waals surface area (Å²) >= 11 is 1.52. The van der Waals surface area contributed by atoms with Gasteiger partial charge in [-0.15, -0.1) is 0 Å². The molecule has 0 bridgehead atoms. The monoisotopic (exact) mass is 223 g/mol. The number of nitrogens with zero attached hydrogens (tertiary/aromatic N) is 2. The van der Waals surface area contributed by atoms with E-state index in [1.165, 1.54) is 37.2 Å². The molecule has 2 aliphatic rings. The maximum atomic E-state index is 4.52.